The average Bonchev–Trinajstić information content (AvgIpc) is 2.90. The highest BCUT2D eigenvalue weighted by Crippen LogP contribution is 2.37. The van der Waals surface area contributed by atoms with Crippen LogP contribution < -0.4 is 5.73 Å². The number of H-pyrrole nitrogens is 1. The van der Waals surface area contributed by atoms with Crippen LogP contribution in [0.5, 0.6) is 0 Å². The Morgan fingerprint density at radius 1 is 1.17 bits per heavy atom. The van der Waals surface area contributed by atoms with Gasteiger partial charge in [0.25, 0.3) is 0 Å². The SMILES string of the molecule is Cc1cccc2c(CCCCN)c(-c3cc(Br)ccc3Cl)[nH]c12. The van der Waals surface area contributed by atoms with Crippen LogP contribution in [0.3, 0.4) is 0 Å². The highest BCUT2D eigenvalue weighted by Gasteiger charge is 2.16. The van der Waals surface area contributed by atoms with Crippen molar-refractivity contribution < 1.29 is 0 Å². The van der Waals surface area contributed by atoms with Crippen LogP contribution in [0.1, 0.15) is 24.0 Å². The summed E-state index contributed by atoms with van der Waals surface area (Å²) in [6, 6.07) is 12.4. The van der Waals surface area contributed by atoms with E-state index in [1.54, 1.807) is 0 Å². The van der Waals surface area contributed by atoms with Crippen LogP contribution >= 0.6 is 27.5 Å². The second-order valence-corrected chi connectivity index (χ2v) is 7.17. The van der Waals surface area contributed by atoms with Gasteiger partial charge in [0.2, 0.25) is 0 Å². The number of nitrogens with two attached hydrogens (primary N) is 1. The first-order valence-electron chi connectivity index (χ1n) is 7.87. The van der Waals surface area contributed by atoms with Gasteiger partial charge in [-0.1, -0.05) is 45.7 Å². The van der Waals surface area contributed by atoms with Gasteiger partial charge in [0.05, 0.1) is 5.69 Å². The summed E-state index contributed by atoms with van der Waals surface area (Å²) in [6.45, 7) is 2.86. The van der Waals surface area contributed by atoms with E-state index in [0.29, 0.717) is 0 Å². The summed E-state index contributed by atoms with van der Waals surface area (Å²) in [7, 11) is 0. The molecule has 3 rings (SSSR count). The molecular weight excluding hydrogens is 372 g/mol. The number of aromatic nitrogens is 1. The largest absolute Gasteiger partial charge is 0.354 e. The Labute approximate surface area is 150 Å². The molecule has 1 heterocycles. The number of aromatic amines is 1. The number of fused-ring (bicyclic) bond motifs is 1. The quantitative estimate of drug-likeness (QED) is 0.527. The fourth-order valence-corrected chi connectivity index (χ4v) is 3.62. The average molecular weight is 392 g/mol. The van der Waals surface area contributed by atoms with Gasteiger partial charge in [-0.25, -0.2) is 0 Å². The van der Waals surface area contributed by atoms with Gasteiger partial charge >= 0.3 is 0 Å². The molecular formula is C19H20BrClN2. The highest BCUT2D eigenvalue weighted by atomic mass is 79.9. The number of nitrogens with one attached hydrogen (secondary N) is 1. The van der Waals surface area contributed by atoms with Crippen molar-refractivity contribution >= 4 is 38.4 Å². The van der Waals surface area contributed by atoms with E-state index in [4.69, 9.17) is 17.3 Å². The molecule has 1 aromatic heterocycles. The maximum absolute atomic E-state index is 6.47. The first-order valence-corrected chi connectivity index (χ1v) is 9.04. The van der Waals surface area contributed by atoms with Gasteiger partial charge in [-0.2, -0.15) is 0 Å². The van der Waals surface area contributed by atoms with Crippen LogP contribution in [0, 0.1) is 6.92 Å². The summed E-state index contributed by atoms with van der Waals surface area (Å²) in [5.41, 5.74) is 11.6. The molecule has 0 aliphatic heterocycles. The number of halogens is 2. The predicted octanol–water partition coefficient (Wildman–Crippen LogP) is 5.84. The summed E-state index contributed by atoms with van der Waals surface area (Å²) in [6.07, 6.45) is 3.11. The monoisotopic (exact) mass is 390 g/mol. The van der Waals surface area contributed by atoms with Gasteiger partial charge in [-0.15, -0.1) is 0 Å². The Bertz CT molecular complexity index is 839. The normalized spacial score (nSPS) is 11.3. The summed E-state index contributed by atoms with van der Waals surface area (Å²) in [4.78, 5) is 3.61. The lowest BCUT2D eigenvalue weighted by atomic mass is 9.99. The number of para-hydroxylation sites is 1. The molecule has 120 valence electrons. The third-order valence-electron chi connectivity index (χ3n) is 4.23. The third-order valence-corrected chi connectivity index (χ3v) is 5.05. The Morgan fingerprint density at radius 3 is 2.78 bits per heavy atom. The lowest BCUT2D eigenvalue weighted by molar-refractivity contribution is 0.748. The minimum Gasteiger partial charge on any atom is -0.354 e. The van der Waals surface area contributed by atoms with Gasteiger partial charge in [-0.05, 0) is 62.1 Å². The maximum atomic E-state index is 6.47. The second-order valence-electron chi connectivity index (χ2n) is 5.85. The summed E-state index contributed by atoms with van der Waals surface area (Å²) >= 11 is 10.0. The van der Waals surface area contributed by atoms with Crippen molar-refractivity contribution in [2.24, 2.45) is 5.73 Å². The zero-order chi connectivity index (χ0) is 16.4. The molecule has 0 aliphatic rings. The zero-order valence-corrected chi connectivity index (χ0v) is 15.5. The molecule has 2 aromatic carbocycles. The van der Waals surface area contributed by atoms with E-state index in [9.17, 15) is 0 Å². The van der Waals surface area contributed by atoms with E-state index in [-0.39, 0.29) is 0 Å². The van der Waals surface area contributed by atoms with E-state index in [2.05, 4.69) is 52.1 Å². The van der Waals surface area contributed by atoms with Gasteiger partial charge in [-0.3, -0.25) is 0 Å². The number of aryl methyl sites for hydroxylation is 2. The van der Waals surface area contributed by atoms with Crippen molar-refractivity contribution in [3.8, 4) is 11.3 Å². The van der Waals surface area contributed by atoms with Gasteiger partial charge < -0.3 is 10.7 Å². The molecule has 0 atom stereocenters. The first kappa shape index (κ1) is 16.6. The lowest BCUT2D eigenvalue weighted by Crippen LogP contribution is -1.99. The van der Waals surface area contributed by atoms with Crippen LogP contribution in [0.2, 0.25) is 5.02 Å². The highest BCUT2D eigenvalue weighted by molar-refractivity contribution is 9.10. The first-order chi connectivity index (χ1) is 11.1. The summed E-state index contributed by atoms with van der Waals surface area (Å²) < 4.78 is 1.03. The third kappa shape index (κ3) is 3.32. The van der Waals surface area contributed by atoms with Gasteiger partial charge in [0.15, 0.2) is 0 Å². The van der Waals surface area contributed by atoms with E-state index in [0.717, 1.165) is 46.6 Å². The molecule has 3 N–H and O–H groups in total. The molecule has 0 saturated heterocycles. The zero-order valence-electron chi connectivity index (χ0n) is 13.1. The van der Waals surface area contributed by atoms with Crippen molar-refractivity contribution in [3.05, 3.63) is 57.0 Å². The topological polar surface area (TPSA) is 41.8 Å². The summed E-state index contributed by atoms with van der Waals surface area (Å²) in [5.74, 6) is 0. The number of hydrogen-bond acceptors (Lipinski definition) is 1. The van der Waals surface area contributed by atoms with Crippen molar-refractivity contribution in [1.29, 1.82) is 0 Å². The van der Waals surface area contributed by atoms with Crippen molar-refractivity contribution in [1.82, 2.24) is 4.98 Å². The Hall–Kier alpha value is -1.29. The number of benzene rings is 2. The van der Waals surface area contributed by atoms with E-state index in [1.807, 2.05) is 12.1 Å². The van der Waals surface area contributed by atoms with E-state index in [1.165, 1.54) is 22.0 Å². The van der Waals surface area contributed by atoms with Crippen molar-refractivity contribution in [2.75, 3.05) is 6.54 Å². The minimum absolute atomic E-state index is 0.731. The van der Waals surface area contributed by atoms with Crippen molar-refractivity contribution in [2.45, 2.75) is 26.2 Å². The number of rotatable bonds is 5. The molecule has 3 aromatic rings. The van der Waals surface area contributed by atoms with Crippen LogP contribution in [0.15, 0.2) is 40.9 Å². The van der Waals surface area contributed by atoms with Gasteiger partial charge in [0.1, 0.15) is 0 Å². The molecule has 0 aliphatic carbocycles. The van der Waals surface area contributed by atoms with E-state index < -0.39 is 0 Å². The second kappa shape index (κ2) is 7.08. The molecule has 0 amide bonds. The Morgan fingerprint density at radius 2 is 2.00 bits per heavy atom. The smallest absolute Gasteiger partial charge is 0.0512 e. The number of unbranched alkanes of at least 4 members (excludes halogenated alkanes) is 1. The van der Waals surface area contributed by atoms with Crippen LogP contribution in [0.4, 0.5) is 0 Å². The molecule has 4 heteroatoms. The molecule has 0 fully saturated rings. The lowest BCUT2D eigenvalue weighted by Gasteiger charge is -2.08. The standard InChI is InChI=1S/C19H20BrClN2/c1-12-5-4-7-14-15(6-2-3-10-22)19(23-18(12)14)16-11-13(20)8-9-17(16)21/h4-5,7-9,11,23H,2-3,6,10,22H2,1H3. The van der Waals surface area contributed by atoms with Crippen molar-refractivity contribution in [3.63, 3.8) is 0 Å². The number of hydrogen-bond donors (Lipinski definition) is 2. The predicted molar refractivity (Wildman–Crippen MR) is 103 cm³/mol. The fraction of sp³-hybridized carbons (Fsp3) is 0.263. The molecule has 0 spiro atoms. The van der Waals surface area contributed by atoms with Crippen LogP contribution in [-0.4, -0.2) is 11.5 Å². The molecule has 0 radical (unpaired) electrons. The van der Waals surface area contributed by atoms with Crippen LogP contribution in [-0.2, 0) is 6.42 Å². The fourth-order valence-electron chi connectivity index (χ4n) is 3.05. The van der Waals surface area contributed by atoms with Crippen LogP contribution in [0.25, 0.3) is 22.2 Å². The van der Waals surface area contributed by atoms with Gasteiger partial charge in [0, 0.05) is 26.0 Å². The maximum Gasteiger partial charge on any atom is 0.0512 e. The molecule has 0 bridgehead atoms. The molecule has 0 unspecified atom stereocenters. The molecule has 0 saturated carbocycles. The molecule has 23 heavy (non-hydrogen) atoms. The summed E-state index contributed by atoms with van der Waals surface area (Å²) in [5, 5.41) is 2.05. The van der Waals surface area contributed by atoms with E-state index >= 15 is 0 Å². The molecule has 2 nitrogen and oxygen atoms in total. The Kier molecular flexibility index (Phi) is 5.10. The Balaban J connectivity index is 2.20. The minimum atomic E-state index is 0.731.